The second kappa shape index (κ2) is 4.92. The molecule has 0 spiro atoms. The number of nitro groups is 1. The third kappa shape index (κ3) is 2.70. The third-order valence-electron chi connectivity index (χ3n) is 2.04. The van der Waals surface area contributed by atoms with Crippen LogP contribution in [0.1, 0.15) is 0 Å². The summed E-state index contributed by atoms with van der Waals surface area (Å²) in [5.74, 6) is 0.449. The second-order valence-electron chi connectivity index (χ2n) is 3.14. The Kier molecular flexibility index (Phi) is 3.53. The van der Waals surface area contributed by atoms with E-state index in [1.54, 1.807) is 18.3 Å². The average Bonchev–Trinajstić information content (AvgIpc) is 2.33. The fraction of sp³-hybridized carbons (Fsp3) is 0. The molecular weight excluding hydrogens is 356 g/mol. The molecule has 86 valence electrons. The van der Waals surface area contributed by atoms with Crippen LogP contribution in [0.5, 0.6) is 0 Å². The van der Waals surface area contributed by atoms with Crippen molar-refractivity contribution in [3.63, 3.8) is 0 Å². The normalized spacial score (nSPS) is 10.2. The van der Waals surface area contributed by atoms with Gasteiger partial charge in [-0.25, -0.2) is 9.97 Å². The molecule has 0 unspecified atom stereocenters. The van der Waals surface area contributed by atoms with E-state index < -0.39 is 4.92 Å². The number of non-ortho nitro benzene ring substituents is 1. The molecule has 0 amide bonds. The van der Waals surface area contributed by atoms with Gasteiger partial charge in [0.25, 0.3) is 5.69 Å². The lowest BCUT2D eigenvalue weighted by Gasteiger charge is -2.01. The zero-order chi connectivity index (χ0) is 12.4. The fourth-order valence-corrected chi connectivity index (χ4v) is 1.61. The van der Waals surface area contributed by atoms with E-state index in [1.165, 1.54) is 12.1 Å². The van der Waals surface area contributed by atoms with Crippen LogP contribution in [0.15, 0.2) is 30.5 Å². The molecule has 0 saturated carbocycles. The number of nitro benzene ring substituents is 1. The summed E-state index contributed by atoms with van der Waals surface area (Å²) in [6.07, 6.45) is 1.60. The van der Waals surface area contributed by atoms with Gasteiger partial charge in [0.1, 0.15) is 5.15 Å². The summed E-state index contributed by atoms with van der Waals surface area (Å²) < 4.78 is 0.759. The Morgan fingerprint density at radius 3 is 2.47 bits per heavy atom. The van der Waals surface area contributed by atoms with Crippen molar-refractivity contribution >= 4 is 39.9 Å². The van der Waals surface area contributed by atoms with Gasteiger partial charge in [-0.05, 0) is 34.7 Å². The number of halogens is 2. The predicted octanol–water partition coefficient (Wildman–Crippen LogP) is 3.31. The van der Waals surface area contributed by atoms with Gasteiger partial charge >= 0.3 is 0 Å². The van der Waals surface area contributed by atoms with Gasteiger partial charge in [-0.1, -0.05) is 11.6 Å². The molecule has 1 aromatic heterocycles. The Balaban J connectivity index is 2.39. The first-order valence-electron chi connectivity index (χ1n) is 4.51. The number of rotatable bonds is 2. The first kappa shape index (κ1) is 12.2. The summed E-state index contributed by atoms with van der Waals surface area (Å²) in [6, 6.07) is 6.00. The van der Waals surface area contributed by atoms with Crippen molar-refractivity contribution in [3.8, 4) is 11.4 Å². The highest BCUT2D eigenvalue weighted by Gasteiger charge is 2.08. The summed E-state index contributed by atoms with van der Waals surface area (Å²) in [5, 5.41) is 10.9. The quantitative estimate of drug-likeness (QED) is 0.356. The summed E-state index contributed by atoms with van der Waals surface area (Å²) >= 11 is 7.91. The van der Waals surface area contributed by atoms with Gasteiger partial charge in [-0.3, -0.25) is 10.1 Å². The molecule has 0 fully saturated rings. The van der Waals surface area contributed by atoms with Gasteiger partial charge in [-0.15, -0.1) is 0 Å². The first-order chi connectivity index (χ1) is 8.08. The number of aromatic nitrogens is 2. The van der Waals surface area contributed by atoms with Crippen LogP contribution in [0, 0.1) is 13.7 Å². The van der Waals surface area contributed by atoms with Gasteiger partial charge in [0, 0.05) is 23.9 Å². The molecule has 0 aliphatic rings. The average molecular weight is 362 g/mol. The van der Waals surface area contributed by atoms with Crippen molar-refractivity contribution in [2.45, 2.75) is 0 Å². The molecule has 17 heavy (non-hydrogen) atoms. The molecule has 1 aromatic carbocycles. The number of hydrogen-bond acceptors (Lipinski definition) is 4. The van der Waals surface area contributed by atoms with E-state index in [0.717, 1.165) is 3.57 Å². The van der Waals surface area contributed by atoms with Crippen molar-refractivity contribution < 1.29 is 4.92 Å². The molecule has 0 radical (unpaired) electrons. The van der Waals surface area contributed by atoms with E-state index >= 15 is 0 Å². The number of nitrogens with zero attached hydrogens (tertiary/aromatic N) is 3. The largest absolute Gasteiger partial charge is 0.269 e. The third-order valence-corrected chi connectivity index (χ3v) is 3.43. The molecular formula is C10H5ClIN3O2. The Morgan fingerprint density at radius 1 is 1.29 bits per heavy atom. The molecule has 7 heteroatoms. The summed E-state index contributed by atoms with van der Waals surface area (Å²) in [7, 11) is 0. The molecule has 2 rings (SSSR count). The van der Waals surface area contributed by atoms with Gasteiger partial charge < -0.3 is 0 Å². The van der Waals surface area contributed by atoms with Crippen LogP contribution in [0.3, 0.4) is 0 Å². The minimum atomic E-state index is -0.453. The number of benzene rings is 1. The van der Waals surface area contributed by atoms with Gasteiger partial charge in [0.05, 0.1) is 8.49 Å². The van der Waals surface area contributed by atoms with Crippen molar-refractivity contribution in [1.82, 2.24) is 9.97 Å². The van der Waals surface area contributed by atoms with E-state index in [0.29, 0.717) is 16.5 Å². The Labute approximate surface area is 115 Å². The topological polar surface area (TPSA) is 68.9 Å². The van der Waals surface area contributed by atoms with Crippen LogP contribution < -0.4 is 0 Å². The highest BCUT2D eigenvalue weighted by molar-refractivity contribution is 14.1. The Morgan fingerprint density at radius 2 is 1.94 bits per heavy atom. The molecule has 0 saturated heterocycles. The lowest BCUT2D eigenvalue weighted by Crippen LogP contribution is -1.92. The van der Waals surface area contributed by atoms with Crippen molar-refractivity contribution in [2.75, 3.05) is 0 Å². The maximum Gasteiger partial charge on any atom is 0.269 e. The van der Waals surface area contributed by atoms with E-state index in [1.807, 2.05) is 22.6 Å². The van der Waals surface area contributed by atoms with E-state index in [9.17, 15) is 10.1 Å². The number of hydrogen-bond donors (Lipinski definition) is 0. The van der Waals surface area contributed by atoms with E-state index in [2.05, 4.69) is 9.97 Å². The zero-order valence-corrected chi connectivity index (χ0v) is 11.2. The van der Waals surface area contributed by atoms with Crippen molar-refractivity contribution in [2.24, 2.45) is 0 Å². The SMILES string of the molecule is O=[N+]([O-])c1ccc(-c2ncc(I)c(Cl)n2)cc1. The van der Waals surface area contributed by atoms with E-state index in [4.69, 9.17) is 11.6 Å². The smallest absolute Gasteiger partial charge is 0.258 e. The fourth-order valence-electron chi connectivity index (χ4n) is 1.22. The minimum absolute atomic E-state index is 0.0327. The van der Waals surface area contributed by atoms with Crippen LogP contribution in [0.4, 0.5) is 5.69 Å². The minimum Gasteiger partial charge on any atom is -0.258 e. The molecule has 0 aliphatic heterocycles. The van der Waals surface area contributed by atoms with Crippen LogP contribution in [0.25, 0.3) is 11.4 Å². The summed E-state index contributed by atoms with van der Waals surface area (Å²) in [4.78, 5) is 18.3. The zero-order valence-electron chi connectivity index (χ0n) is 8.30. The molecule has 0 aliphatic carbocycles. The molecule has 0 bridgehead atoms. The van der Waals surface area contributed by atoms with Gasteiger partial charge in [0.15, 0.2) is 5.82 Å². The maximum atomic E-state index is 10.5. The van der Waals surface area contributed by atoms with Gasteiger partial charge in [-0.2, -0.15) is 0 Å². The van der Waals surface area contributed by atoms with Crippen molar-refractivity contribution in [1.29, 1.82) is 0 Å². The summed E-state index contributed by atoms with van der Waals surface area (Å²) in [5.41, 5.74) is 0.722. The predicted molar refractivity (Wildman–Crippen MR) is 71.8 cm³/mol. The van der Waals surface area contributed by atoms with Crippen LogP contribution in [0.2, 0.25) is 5.15 Å². The Hall–Kier alpha value is -1.28. The second-order valence-corrected chi connectivity index (χ2v) is 4.66. The highest BCUT2D eigenvalue weighted by atomic mass is 127. The standard InChI is InChI=1S/C10H5ClIN3O2/c11-9-8(12)5-13-10(14-9)6-1-3-7(4-2-6)15(16)17/h1-5H. The van der Waals surface area contributed by atoms with Gasteiger partial charge in [0.2, 0.25) is 0 Å². The lowest BCUT2D eigenvalue weighted by molar-refractivity contribution is -0.384. The molecule has 1 heterocycles. The maximum absolute atomic E-state index is 10.5. The molecule has 0 N–H and O–H groups in total. The summed E-state index contributed by atoms with van der Waals surface area (Å²) in [6.45, 7) is 0. The highest BCUT2D eigenvalue weighted by Crippen LogP contribution is 2.22. The van der Waals surface area contributed by atoms with Crippen LogP contribution in [-0.4, -0.2) is 14.9 Å². The molecule has 0 atom stereocenters. The van der Waals surface area contributed by atoms with Crippen molar-refractivity contribution in [3.05, 3.63) is 49.3 Å². The lowest BCUT2D eigenvalue weighted by atomic mass is 10.2. The van der Waals surface area contributed by atoms with E-state index in [-0.39, 0.29) is 5.69 Å². The molecule has 5 nitrogen and oxygen atoms in total. The molecule has 2 aromatic rings. The monoisotopic (exact) mass is 361 g/mol. The Bertz CT molecular complexity index is 574. The first-order valence-corrected chi connectivity index (χ1v) is 5.96. The van der Waals surface area contributed by atoms with Crippen LogP contribution in [-0.2, 0) is 0 Å². The van der Waals surface area contributed by atoms with Crippen LogP contribution >= 0.6 is 34.2 Å².